The molecule has 3 rings (SSSR count). The zero-order valence-corrected chi connectivity index (χ0v) is 9.76. The van der Waals surface area contributed by atoms with Gasteiger partial charge in [-0.25, -0.2) is 4.98 Å². The zero-order valence-electron chi connectivity index (χ0n) is 9.76. The molecule has 0 atom stereocenters. The van der Waals surface area contributed by atoms with Crippen LogP contribution in [0.3, 0.4) is 0 Å². The molecule has 17 heavy (non-hydrogen) atoms. The summed E-state index contributed by atoms with van der Waals surface area (Å²) >= 11 is 0. The highest BCUT2D eigenvalue weighted by atomic mass is 16.3. The van der Waals surface area contributed by atoms with Crippen LogP contribution in [0.15, 0.2) is 30.5 Å². The fraction of sp³-hybridized carbons (Fsp3) is 0.357. The van der Waals surface area contributed by atoms with Crippen LogP contribution in [0.25, 0.3) is 10.8 Å². The Balaban J connectivity index is 2.11. The topological polar surface area (TPSA) is 36.4 Å². The Morgan fingerprint density at radius 2 is 1.88 bits per heavy atom. The van der Waals surface area contributed by atoms with Gasteiger partial charge in [-0.05, 0) is 42.8 Å². The van der Waals surface area contributed by atoms with Crippen molar-refractivity contribution in [2.75, 3.05) is 18.0 Å². The van der Waals surface area contributed by atoms with Crippen molar-refractivity contribution in [2.45, 2.75) is 19.3 Å². The van der Waals surface area contributed by atoms with Crippen LogP contribution in [0.4, 0.5) is 5.82 Å². The van der Waals surface area contributed by atoms with Crippen LogP contribution in [-0.4, -0.2) is 23.2 Å². The number of nitrogens with zero attached hydrogens (tertiary/aromatic N) is 2. The van der Waals surface area contributed by atoms with E-state index in [4.69, 9.17) is 0 Å². The molecule has 2 heterocycles. The maximum absolute atomic E-state index is 9.61. The summed E-state index contributed by atoms with van der Waals surface area (Å²) < 4.78 is 0. The first-order chi connectivity index (χ1) is 8.34. The van der Waals surface area contributed by atoms with Crippen LogP contribution in [0, 0.1) is 0 Å². The monoisotopic (exact) mass is 228 g/mol. The maximum atomic E-state index is 9.61. The van der Waals surface area contributed by atoms with Gasteiger partial charge in [-0.1, -0.05) is 6.07 Å². The number of hydrogen-bond donors (Lipinski definition) is 1. The van der Waals surface area contributed by atoms with Crippen LogP contribution in [0.2, 0.25) is 0 Å². The summed E-state index contributed by atoms with van der Waals surface area (Å²) in [5.74, 6) is 1.32. The summed E-state index contributed by atoms with van der Waals surface area (Å²) in [7, 11) is 0. The van der Waals surface area contributed by atoms with Crippen LogP contribution in [-0.2, 0) is 0 Å². The van der Waals surface area contributed by atoms with Gasteiger partial charge in [0.1, 0.15) is 11.6 Å². The number of phenolic OH excluding ortho intramolecular Hbond substituents is 1. The van der Waals surface area contributed by atoms with Crippen molar-refractivity contribution in [2.24, 2.45) is 0 Å². The largest absolute Gasteiger partial charge is 0.508 e. The SMILES string of the molecule is Oc1ccc2ccnc(N3CCCCC3)c2c1. The number of rotatable bonds is 1. The van der Waals surface area contributed by atoms with Gasteiger partial charge in [0, 0.05) is 24.7 Å². The van der Waals surface area contributed by atoms with Crippen LogP contribution in [0.5, 0.6) is 5.75 Å². The quantitative estimate of drug-likeness (QED) is 0.815. The van der Waals surface area contributed by atoms with Gasteiger partial charge in [-0.3, -0.25) is 0 Å². The van der Waals surface area contributed by atoms with E-state index in [9.17, 15) is 5.11 Å². The van der Waals surface area contributed by atoms with Gasteiger partial charge in [0.05, 0.1) is 0 Å². The first-order valence-corrected chi connectivity index (χ1v) is 6.17. The molecule has 2 aromatic rings. The fourth-order valence-corrected chi connectivity index (χ4v) is 2.50. The lowest BCUT2D eigenvalue weighted by Gasteiger charge is -2.28. The third-order valence-corrected chi connectivity index (χ3v) is 3.38. The number of piperidine rings is 1. The lowest BCUT2D eigenvalue weighted by molar-refractivity contribution is 0.476. The molecule has 3 heteroatoms. The first-order valence-electron chi connectivity index (χ1n) is 6.17. The number of hydrogen-bond acceptors (Lipinski definition) is 3. The summed E-state index contributed by atoms with van der Waals surface area (Å²) in [5, 5.41) is 11.8. The molecule has 0 bridgehead atoms. The number of aromatic hydroxyl groups is 1. The highest BCUT2D eigenvalue weighted by Gasteiger charge is 2.14. The summed E-state index contributed by atoms with van der Waals surface area (Å²) in [6, 6.07) is 7.47. The van der Waals surface area contributed by atoms with Crippen molar-refractivity contribution in [3.63, 3.8) is 0 Å². The Morgan fingerprint density at radius 3 is 2.71 bits per heavy atom. The van der Waals surface area contributed by atoms with Gasteiger partial charge in [-0.15, -0.1) is 0 Å². The summed E-state index contributed by atoms with van der Waals surface area (Å²) in [4.78, 5) is 6.81. The molecule has 1 aliphatic heterocycles. The van der Waals surface area contributed by atoms with E-state index < -0.39 is 0 Å². The molecular formula is C14H16N2O. The van der Waals surface area contributed by atoms with Crippen LogP contribution in [0.1, 0.15) is 19.3 Å². The predicted octanol–water partition coefficient (Wildman–Crippen LogP) is 2.93. The highest BCUT2D eigenvalue weighted by Crippen LogP contribution is 2.29. The normalized spacial score (nSPS) is 16.4. The Labute approximate surface area is 101 Å². The average molecular weight is 228 g/mol. The molecule has 0 radical (unpaired) electrons. The third kappa shape index (κ3) is 1.93. The van der Waals surface area contributed by atoms with Crippen molar-refractivity contribution < 1.29 is 5.11 Å². The number of benzene rings is 1. The second-order valence-electron chi connectivity index (χ2n) is 4.59. The molecule has 0 amide bonds. The van der Waals surface area contributed by atoms with Crippen molar-refractivity contribution >= 4 is 16.6 Å². The molecule has 0 saturated carbocycles. The molecule has 0 unspecified atom stereocenters. The highest BCUT2D eigenvalue weighted by molar-refractivity contribution is 5.93. The molecule has 1 aliphatic rings. The van der Waals surface area contributed by atoms with E-state index in [-0.39, 0.29) is 0 Å². The summed E-state index contributed by atoms with van der Waals surface area (Å²) in [6.45, 7) is 2.14. The second-order valence-corrected chi connectivity index (χ2v) is 4.59. The maximum Gasteiger partial charge on any atom is 0.136 e. The Morgan fingerprint density at radius 1 is 1.06 bits per heavy atom. The first kappa shape index (κ1) is 10.4. The molecule has 88 valence electrons. The van der Waals surface area contributed by atoms with E-state index in [1.54, 1.807) is 6.07 Å². The van der Waals surface area contributed by atoms with Crippen molar-refractivity contribution in [1.82, 2.24) is 4.98 Å². The number of phenols is 1. The van der Waals surface area contributed by atoms with Crippen molar-refractivity contribution in [3.8, 4) is 5.75 Å². The molecule has 1 aromatic carbocycles. The second kappa shape index (κ2) is 4.24. The van der Waals surface area contributed by atoms with Gasteiger partial charge in [0.15, 0.2) is 0 Å². The Bertz CT molecular complexity index is 533. The van der Waals surface area contributed by atoms with E-state index in [1.807, 2.05) is 24.4 Å². The van der Waals surface area contributed by atoms with E-state index in [1.165, 1.54) is 19.3 Å². The minimum Gasteiger partial charge on any atom is -0.508 e. The molecular weight excluding hydrogens is 212 g/mol. The standard InChI is InChI=1S/C14H16N2O/c17-12-5-4-11-6-7-15-14(13(11)10-12)16-8-2-1-3-9-16/h4-7,10,17H,1-3,8-9H2. The molecule has 1 saturated heterocycles. The number of anilines is 1. The summed E-state index contributed by atoms with van der Waals surface area (Å²) in [5.41, 5.74) is 0. The van der Waals surface area contributed by atoms with E-state index in [0.29, 0.717) is 5.75 Å². The number of fused-ring (bicyclic) bond motifs is 1. The van der Waals surface area contributed by atoms with Crippen molar-refractivity contribution in [3.05, 3.63) is 30.5 Å². The summed E-state index contributed by atoms with van der Waals surface area (Å²) in [6.07, 6.45) is 5.63. The minimum absolute atomic E-state index is 0.309. The third-order valence-electron chi connectivity index (χ3n) is 3.38. The average Bonchev–Trinajstić information content (AvgIpc) is 2.39. The molecule has 1 fully saturated rings. The minimum atomic E-state index is 0.309. The lowest BCUT2D eigenvalue weighted by Crippen LogP contribution is -2.30. The van der Waals surface area contributed by atoms with E-state index >= 15 is 0 Å². The Hall–Kier alpha value is -1.77. The Kier molecular flexibility index (Phi) is 2.59. The fourth-order valence-electron chi connectivity index (χ4n) is 2.50. The van der Waals surface area contributed by atoms with Crippen LogP contribution >= 0.6 is 0 Å². The van der Waals surface area contributed by atoms with Gasteiger partial charge in [0.25, 0.3) is 0 Å². The van der Waals surface area contributed by atoms with Gasteiger partial charge in [-0.2, -0.15) is 0 Å². The predicted molar refractivity (Wildman–Crippen MR) is 69.5 cm³/mol. The van der Waals surface area contributed by atoms with E-state index in [0.717, 1.165) is 29.7 Å². The molecule has 0 spiro atoms. The number of aromatic nitrogens is 1. The van der Waals surface area contributed by atoms with Gasteiger partial charge in [0.2, 0.25) is 0 Å². The van der Waals surface area contributed by atoms with Crippen LogP contribution < -0.4 is 4.90 Å². The zero-order chi connectivity index (χ0) is 11.7. The molecule has 0 aliphatic carbocycles. The molecule has 1 N–H and O–H groups in total. The van der Waals surface area contributed by atoms with Crippen molar-refractivity contribution in [1.29, 1.82) is 0 Å². The lowest BCUT2D eigenvalue weighted by atomic mass is 10.1. The molecule has 3 nitrogen and oxygen atoms in total. The smallest absolute Gasteiger partial charge is 0.136 e. The molecule has 1 aromatic heterocycles. The van der Waals surface area contributed by atoms with Gasteiger partial charge >= 0.3 is 0 Å². The van der Waals surface area contributed by atoms with Gasteiger partial charge < -0.3 is 10.0 Å². The number of pyridine rings is 1. The van der Waals surface area contributed by atoms with E-state index in [2.05, 4.69) is 9.88 Å².